The van der Waals surface area contributed by atoms with Crippen LogP contribution in [0.25, 0.3) is 0 Å². The van der Waals surface area contributed by atoms with Gasteiger partial charge in [-0.3, -0.25) is 0 Å². The van der Waals surface area contributed by atoms with Gasteiger partial charge in [-0.05, 0) is 30.7 Å². The molecule has 0 fully saturated rings. The Hall–Kier alpha value is -1.03. The Morgan fingerprint density at radius 1 is 1.44 bits per heavy atom. The van der Waals surface area contributed by atoms with E-state index >= 15 is 0 Å². The largest absolute Gasteiger partial charge is 0.489 e. The van der Waals surface area contributed by atoms with E-state index in [1.165, 1.54) is 0 Å². The van der Waals surface area contributed by atoms with Crippen molar-refractivity contribution in [2.75, 3.05) is 26.9 Å². The van der Waals surface area contributed by atoms with E-state index in [-0.39, 0.29) is 0 Å². The number of halogens is 1. The summed E-state index contributed by atoms with van der Waals surface area (Å²) in [6.07, 6.45) is 0. The van der Waals surface area contributed by atoms with Crippen molar-refractivity contribution in [2.45, 2.75) is 13.5 Å². The average Bonchev–Trinajstić information content (AvgIpc) is 2.33. The Kier molecular flexibility index (Phi) is 6.80. The van der Waals surface area contributed by atoms with Crippen LogP contribution < -0.4 is 10.1 Å². The first-order valence-corrected chi connectivity index (χ1v) is 6.26. The van der Waals surface area contributed by atoms with E-state index in [0.717, 1.165) is 23.4 Å². The quantitative estimate of drug-likeness (QED) is 0.581. The maximum absolute atomic E-state index is 5.99. The zero-order chi connectivity index (χ0) is 13.4. The molecule has 0 radical (unpaired) electrons. The monoisotopic (exact) mass is 269 g/mol. The van der Waals surface area contributed by atoms with E-state index in [0.29, 0.717) is 24.8 Å². The van der Waals surface area contributed by atoms with Crippen molar-refractivity contribution in [3.05, 3.63) is 40.9 Å². The van der Waals surface area contributed by atoms with Crippen LogP contribution in [0.3, 0.4) is 0 Å². The van der Waals surface area contributed by atoms with Crippen molar-refractivity contribution in [3.63, 3.8) is 0 Å². The summed E-state index contributed by atoms with van der Waals surface area (Å²) in [7, 11) is 1.68. The van der Waals surface area contributed by atoms with Gasteiger partial charge in [-0.2, -0.15) is 0 Å². The summed E-state index contributed by atoms with van der Waals surface area (Å²) in [6.45, 7) is 8.46. The number of methoxy groups -OCH3 is 1. The van der Waals surface area contributed by atoms with Gasteiger partial charge in [0.15, 0.2) is 0 Å². The van der Waals surface area contributed by atoms with Gasteiger partial charge in [0.05, 0.1) is 6.61 Å². The molecule has 0 aromatic heterocycles. The molecule has 100 valence electrons. The van der Waals surface area contributed by atoms with Gasteiger partial charge in [0, 0.05) is 30.8 Å². The van der Waals surface area contributed by atoms with Crippen LogP contribution in [0, 0.1) is 0 Å². The molecule has 1 aromatic rings. The van der Waals surface area contributed by atoms with Gasteiger partial charge in [-0.1, -0.05) is 18.2 Å². The second-order valence-electron chi connectivity index (χ2n) is 4.17. The van der Waals surface area contributed by atoms with Gasteiger partial charge < -0.3 is 14.8 Å². The number of nitrogens with one attached hydrogen (secondary N) is 1. The Balaban J connectivity index is 2.61. The third-order valence-corrected chi connectivity index (χ3v) is 2.53. The number of ether oxygens (including phenoxy) is 2. The van der Waals surface area contributed by atoms with Crippen LogP contribution in [0.2, 0.25) is 5.02 Å². The first-order chi connectivity index (χ1) is 8.63. The lowest BCUT2D eigenvalue weighted by molar-refractivity contribution is 0.199. The van der Waals surface area contributed by atoms with Crippen molar-refractivity contribution in [1.29, 1.82) is 0 Å². The molecule has 0 amide bonds. The summed E-state index contributed by atoms with van der Waals surface area (Å²) < 4.78 is 10.7. The lowest BCUT2D eigenvalue weighted by Gasteiger charge is -2.12. The standard InChI is InChI=1S/C14H20ClNO2/c1-11(2)10-18-14-5-4-13(15)8-12(14)9-16-6-7-17-3/h4-5,8,16H,1,6-7,9-10H2,2-3H3. The van der Waals surface area contributed by atoms with Gasteiger partial charge in [0.25, 0.3) is 0 Å². The van der Waals surface area contributed by atoms with Crippen LogP contribution in [-0.2, 0) is 11.3 Å². The first kappa shape index (κ1) is 15.0. The third-order valence-electron chi connectivity index (χ3n) is 2.30. The molecule has 0 aliphatic carbocycles. The second-order valence-corrected chi connectivity index (χ2v) is 4.60. The Morgan fingerprint density at radius 3 is 2.89 bits per heavy atom. The third kappa shape index (κ3) is 5.54. The van der Waals surface area contributed by atoms with Crippen molar-refractivity contribution < 1.29 is 9.47 Å². The molecule has 0 unspecified atom stereocenters. The lowest BCUT2D eigenvalue weighted by Crippen LogP contribution is -2.19. The molecule has 0 saturated carbocycles. The molecule has 0 heterocycles. The predicted octanol–water partition coefficient (Wildman–Crippen LogP) is 3.03. The average molecular weight is 270 g/mol. The minimum absolute atomic E-state index is 0.521. The SMILES string of the molecule is C=C(C)COc1ccc(Cl)cc1CNCCOC. The summed E-state index contributed by atoms with van der Waals surface area (Å²) in [6, 6.07) is 5.63. The van der Waals surface area contributed by atoms with E-state index in [4.69, 9.17) is 21.1 Å². The molecule has 3 nitrogen and oxygen atoms in total. The number of hydrogen-bond donors (Lipinski definition) is 1. The minimum atomic E-state index is 0.521. The van der Waals surface area contributed by atoms with E-state index < -0.39 is 0 Å². The van der Waals surface area contributed by atoms with Crippen molar-refractivity contribution >= 4 is 11.6 Å². The Bertz CT molecular complexity index is 393. The highest BCUT2D eigenvalue weighted by Crippen LogP contribution is 2.23. The molecule has 0 spiro atoms. The van der Waals surface area contributed by atoms with Crippen LogP contribution in [-0.4, -0.2) is 26.9 Å². The Labute approximate surface area is 114 Å². The highest BCUT2D eigenvalue weighted by atomic mass is 35.5. The molecule has 0 saturated heterocycles. The van der Waals surface area contributed by atoms with E-state index in [2.05, 4.69) is 11.9 Å². The highest BCUT2D eigenvalue weighted by Gasteiger charge is 2.04. The molecule has 1 aromatic carbocycles. The number of benzene rings is 1. The molecular weight excluding hydrogens is 250 g/mol. The summed E-state index contributed by atoms with van der Waals surface area (Å²) in [4.78, 5) is 0. The minimum Gasteiger partial charge on any atom is -0.489 e. The summed E-state index contributed by atoms with van der Waals surface area (Å²) in [5.74, 6) is 0.840. The molecule has 4 heteroatoms. The normalized spacial score (nSPS) is 10.4. The lowest BCUT2D eigenvalue weighted by atomic mass is 10.2. The smallest absolute Gasteiger partial charge is 0.124 e. The molecule has 0 atom stereocenters. The van der Waals surface area contributed by atoms with Crippen LogP contribution in [0.4, 0.5) is 0 Å². The zero-order valence-corrected chi connectivity index (χ0v) is 11.7. The van der Waals surface area contributed by atoms with Gasteiger partial charge in [-0.25, -0.2) is 0 Å². The zero-order valence-electron chi connectivity index (χ0n) is 11.0. The summed E-state index contributed by atoms with van der Waals surface area (Å²) in [5, 5.41) is 3.98. The predicted molar refractivity (Wildman–Crippen MR) is 75.3 cm³/mol. The van der Waals surface area contributed by atoms with Crippen LogP contribution in [0.1, 0.15) is 12.5 Å². The molecule has 0 bridgehead atoms. The number of hydrogen-bond acceptors (Lipinski definition) is 3. The van der Waals surface area contributed by atoms with Crippen LogP contribution >= 0.6 is 11.6 Å². The van der Waals surface area contributed by atoms with Crippen molar-refractivity contribution in [2.24, 2.45) is 0 Å². The van der Waals surface area contributed by atoms with Crippen LogP contribution in [0.5, 0.6) is 5.75 Å². The first-order valence-electron chi connectivity index (χ1n) is 5.88. The Morgan fingerprint density at radius 2 is 2.22 bits per heavy atom. The summed E-state index contributed by atoms with van der Waals surface area (Å²) >= 11 is 5.99. The van der Waals surface area contributed by atoms with E-state index in [9.17, 15) is 0 Å². The molecule has 0 aliphatic heterocycles. The fraction of sp³-hybridized carbons (Fsp3) is 0.429. The molecule has 1 N–H and O–H groups in total. The molecule has 0 aliphatic rings. The second kappa shape index (κ2) is 8.14. The topological polar surface area (TPSA) is 30.5 Å². The van der Waals surface area contributed by atoms with Gasteiger partial charge in [0.1, 0.15) is 12.4 Å². The fourth-order valence-electron chi connectivity index (χ4n) is 1.43. The van der Waals surface area contributed by atoms with Crippen LogP contribution in [0.15, 0.2) is 30.4 Å². The molecule has 1 rings (SSSR count). The van der Waals surface area contributed by atoms with E-state index in [1.54, 1.807) is 7.11 Å². The maximum Gasteiger partial charge on any atom is 0.124 e. The summed E-state index contributed by atoms with van der Waals surface area (Å²) in [5.41, 5.74) is 2.03. The molecule has 18 heavy (non-hydrogen) atoms. The highest BCUT2D eigenvalue weighted by molar-refractivity contribution is 6.30. The van der Waals surface area contributed by atoms with Gasteiger partial charge >= 0.3 is 0 Å². The fourth-order valence-corrected chi connectivity index (χ4v) is 1.62. The van der Waals surface area contributed by atoms with Crippen molar-refractivity contribution in [1.82, 2.24) is 5.32 Å². The maximum atomic E-state index is 5.99. The van der Waals surface area contributed by atoms with Gasteiger partial charge in [0.2, 0.25) is 0 Å². The van der Waals surface area contributed by atoms with Crippen molar-refractivity contribution in [3.8, 4) is 5.75 Å². The van der Waals surface area contributed by atoms with Gasteiger partial charge in [-0.15, -0.1) is 0 Å². The molecular formula is C14H20ClNO2. The van der Waals surface area contributed by atoms with E-state index in [1.807, 2.05) is 25.1 Å². The number of rotatable bonds is 8.